The molecule has 14 heavy (non-hydrogen) atoms. The topological polar surface area (TPSA) is 0 Å². The first-order chi connectivity index (χ1) is 6.54. The fourth-order valence-electron chi connectivity index (χ4n) is 2.22. The van der Waals surface area contributed by atoms with Gasteiger partial charge in [-0.15, -0.1) is 0 Å². The van der Waals surface area contributed by atoms with Crippen LogP contribution >= 0.6 is 15.9 Å². The summed E-state index contributed by atoms with van der Waals surface area (Å²) in [6.45, 7) is 0. The Labute approximate surface area is 91.4 Å². The summed E-state index contributed by atoms with van der Waals surface area (Å²) in [5.74, 6) is -0.732. The summed E-state index contributed by atoms with van der Waals surface area (Å²) >= 11 is 3.31. The predicted octanol–water partition coefficient (Wildman–Crippen LogP) is 4.53. The molecule has 2 unspecified atom stereocenters. The van der Waals surface area contributed by atoms with Gasteiger partial charge in [-0.3, -0.25) is 0 Å². The molecule has 0 saturated heterocycles. The minimum Gasteiger partial charge on any atom is -0.171 e. The molecule has 1 aliphatic carbocycles. The molecular weight excluding hydrogens is 257 g/mol. The van der Waals surface area contributed by atoms with Crippen molar-refractivity contribution in [2.45, 2.75) is 44.7 Å². The van der Waals surface area contributed by atoms with E-state index in [1.165, 1.54) is 0 Å². The minimum atomic E-state index is -3.97. The smallest absolute Gasteiger partial charge is 0.171 e. The summed E-state index contributed by atoms with van der Waals surface area (Å²) in [5.41, 5.74) is 0. The van der Waals surface area contributed by atoms with Gasteiger partial charge in [0.2, 0.25) is 0 Å². The maximum Gasteiger partial charge on any atom is 0.391 e. The highest BCUT2D eigenvalue weighted by molar-refractivity contribution is 9.09. The van der Waals surface area contributed by atoms with Gasteiger partial charge in [0.05, 0.1) is 5.92 Å². The van der Waals surface area contributed by atoms with Crippen LogP contribution in [0.15, 0.2) is 0 Å². The molecule has 0 nitrogen and oxygen atoms in total. The van der Waals surface area contributed by atoms with E-state index in [0.717, 1.165) is 31.0 Å². The van der Waals surface area contributed by atoms with Crippen LogP contribution in [0.5, 0.6) is 0 Å². The van der Waals surface area contributed by atoms with Crippen LogP contribution < -0.4 is 0 Å². The Morgan fingerprint density at radius 3 is 2.50 bits per heavy atom. The first-order valence-corrected chi connectivity index (χ1v) is 6.29. The van der Waals surface area contributed by atoms with Crippen LogP contribution in [-0.2, 0) is 0 Å². The molecule has 4 heteroatoms. The van der Waals surface area contributed by atoms with Crippen molar-refractivity contribution in [3.63, 3.8) is 0 Å². The van der Waals surface area contributed by atoms with E-state index in [1.54, 1.807) is 0 Å². The molecule has 1 saturated carbocycles. The fourth-order valence-corrected chi connectivity index (χ4v) is 2.54. The van der Waals surface area contributed by atoms with Gasteiger partial charge in [0.15, 0.2) is 0 Å². The number of rotatable bonds is 3. The highest BCUT2D eigenvalue weighted by Crippen LogP contribution is 2.41. The molecule has 1 fully saturated rings. The van der Waals surface area contributed by atoms with Crippen molar-refractivity contribution in [3.8, 4) is 0 Å². The fraction of sp³-hybridized carbons (Fsp3) is 1.00. The molecule has 0 bridgehead atoms. The van der Waals surface area contributed by atoms with E-state index in [1.807, 2.05) is 0 Å². The van der Waals surface area contributed by atoms with Crippen LogP contribution in [0.1, 0.15) is 38.5 Å². The van der Waals surface area contributed by atoms with Crippen molar-refractivity contribution in [1.29, 1.82) is 0 Å². The third-order valence-corrected chi connectivity index (χ3v) is 3.55. The number of alkyl halides is 4. The van der Waals surface area contributed by atoms with Crippen LogP contribution in [0.25, 0.3) is 0 Å². The SMILES string of the molecule is FC(F)(F)C1CCCC(CCCBr)C1. The zero-order valence-electron chi connectivity index (χ0n) is 8.12. The second-order valence-corrected chi connectivity index (χ2v) is 4.90. The van der Waals surface area contributed by atoms with E-state index < -0.39 is 12.1 Å². The van der Waals surface area contributed by atoms with Crippen molar-refractivity contribution in [3.05, 3.63) is 0 Å². The Hall–Kier alpha value is 0.270. The average Bonchev–Trinajstić information content (AvgIpc) is 2.14. The molecular formula is C10H16BrF3. The predicted molar refractivity (Wildman–Crippen MR) is 54.5 cm³/mol. The molecule has 0 aliphatic heterocycles. The molecule has 1 rings (SSSR count). The summed E-state index contributed by atoms with van der Waals surface area (Å²) in [6, 6.07) is 0. The third-order valence-electron chi connectivity index (χ3n) is 2.99. The summed E-state index contributed by atoms with van der Waals surface area (Å²) in [5, 5.41) is 0.903. The Bertz CT molecular complexity index is 167. The van der Waals surface area contributed by atoms with E-state index in [9.17, 15) is 13.2 Å². The van der Waals surface area contributed by atoms with Crippen molar-refractivity contribution >= 4 is 15.9 Å². The molecule has 2 atom stereocenters. The van der Waals surface area contributed by atoms with E-state index in [-0.39, 0.29) is 0 Å². The van der Waals surface area contributed by atoms with Crippen molar-refractivity contribution < 1.29 is 13.2 Å². The Morgan fingerprint density at radius 1 is 1.21 bits per heavy atom. The Morgan fingerprint density at radius 2 is 1.93 bits per heavy atom. The molecule has 0 radical (unpaired) electrons. The van der Waals surface area contributed by atoms with Crippen LogP contribution in [0.3, 0.4) is 0 Å². The van der Waals surface area contributed by atoms with Gasteiger partial charge in [-0.25, -0.2) is 0 Å². The van der Waals surface area contributed by atoms with E-state index >= 15 is 0 Å². The molecule has 1 aliphatic rings. The second kappa shape index (κ2) is 5.38. The van der Waals surface area contributed by atoms with Gasteiger partial charge in [0.25, 0.3) is 0 Å². The molecule has 0 N–H and O–H groups in total. The summed E-state index contributed by atoms with van der Waals surface area (Å²) < 4.78 is 37.3. The number of halogens is 4. The maximum absolute atomic E-state index is 12.4. The van der Waals surface area contributed by atoms with Crippen LogP contribution in [-0.4, -0.2) is 11.5 Å². The molecule has 0 aromatic rings. The summed E-state index contributed by atoms with van der Waals surface area (Å²) in [7, 11) is 0. The second-order valence-electron chi connectivity index (χ2n) is 4.10. The lowest BCUT2D eigenvalue weighted by molar-refractivity contribution is -0.185. The zero-order valence-corrected chi connectivity index (χ0v) is 9.70. The first kappa shape index (κ1) is 12.3. The standard InChI is InChI=1S/C10H16BrF3/c11-6-2-4-8-3-1-5-9(7-8)10(12,13)14/h8-9H,1-7H2. The number of hydrogen-bond donors (Lipinski definition) is 0. The van der Waals surface area contributed by atoms with Gasteiger partial charge >= 0.3 is 6.18 Å². The van der Waals surface area contributed by atoms with E-state index in [2.05, 4.69) is 15.9 Å². The third kappa shape index (κ3) is 3.79. The van der Waals surface area contributed by atoms with Gasteiger partial charge in [-0.1, -0.05) is 28.8 Å². The Balaban J connectivity index is 2.36. The van der Waals surface area contributed by atoms with Crippen LogP contribution in [0.4, 0.5) is 13.2 Å². The lowest BCUT2D eigenvalue weighted by Crippen LogP contribution is -2.28. The van der Waals surface area contributed by atoms with Gasteiger partial charge in [-0.05, 0) is 31.6 Å². The van der Waals surface area contributed by atoms with Crippen molar-refractivity contribution in [1.82, 2.24) is 0 Å². The monoisotopic (exact) mass is 272 g/mol. The lowest BCUT2D eigenvalue weighted by Gasteiger charge is -2.30. The molecule has 84 valence electrons. The summed E-state index contributed by atoms with van der Waals surface area (Å²) in [4.78, 5) is 0. The van der Waals surface area contributed by atoms with E-state index in [4.69, 9.17) is 0 Å². The molecule has 0 aromatic carbocycles. The maximum atomic E-state index is 12.4. The normalized spacial score (nSPS) is 29.1. The van der Waals surface area contributed by atoms with Crippen LogP contribution in [0.2, 0.25) is 0 Å². The highest BCUT2D eigenvalue weighted by atomic mass is 79.9. The zero-order chi connectivity index (χ0) is 10.6. The molecule has 0 spiro atoms. The van der Waals surface area contributed by atoms with Crippen molar-refractivity contribution in [2.24, 2.45) is 11.8 Å². The molecule has 0 aromatic heterocycles. The highest BCUT2D eigenvalue weighted by Gasteiger charge is 2.41. The van der Waals surface area contributed by atoms with Gasteiger partial charge in [0, 0.05) is 5.33 Å². The molecule has 0 amide bonds. The minimum absolute atomic E-state index is 0.299. The number of hydrogen-bond acceptors (Lipinski definition) is 0. The average molecular weight is 273 g/mol. The van der Waals surface area contributed by atoms with Gasteiger partial charge < -0.3 is 0 Å². The van der Waals surface area contributed by atoms with Gasteiger partial charge in [0.1, 0.15) is 0 Å². The Kier molecular flexibility index (Phi) is 4.74. The van der Waals surface area contributed by atoms with Crippen molar-refractivity contribution in [2.75, 3.05) is 5.33 Å². The quantitative estimate of drug-likeness (QED) is 0.663. The largest absolute Gasteiger partial charge is 0.391 e. The van der Waals surface area contributed by atoms with Crippen LogP contribution in [0, 0.1) is 11.8 Å². The van der Waals surface area contributed by atoms with E-state index in [0.29, 0.717) is 18.8 Å². The first-order valence-electron chi connectivity index (χ1n) is 5.16. The summed E-state index contributed by atoms with van der Waals surface area (Å²) in [6.07, 6.45) is 0.404. The lowest BCUT2D eigenvalue weighted by atomic mass is 9.79. The molecule has 0 heterocycles. The van der Waals surface area contributed by atoms with Gasteiger partial charge in [-0.2, -0.15) is 13.2 Å².